The van der Waals surface area contributed by atoms with Crippen LogP contribution in [0.1, 0.15) is 32.2 Å². The van der Waals surface area contributed by atoms with Crippen LogP contribution in [0.4, 0.5) is 0 Å². The van der Waals surface area contributed by atoms with Crippen LogP contribution in [0, 0.1) is 6.92 Å². The number of fused-ring (bicyclic) bond motifs is 1. The molecule has 0 spiro atoms. The highest BCUT2D eigenvalue weighted by atomic mass is 32.1. The number of carbonyl (C=O) groups is 1. The van der Waals surface area contributed by atoms with Gasteiger partial charge in [-0.2, -0.15) is 0 Å². The van der Waals surface area contributed by atoms with Crippen LogP contribution in [0.15, 0.2) is 23.6 Å². The minimum atomic E-state index is -0.00773. The summed E-state index contributed by atoms with van der Waals surface area (Å²) in [5.74, 6) is -0.00773. The van der Waals surface area contributed by atoms with Crippen molar-refractivity contribution in [1.82, 2.24) is 15.6 Å². The average Bonchev–Trinajstić information content (AvgIpc) is 3.06. The molecule has 2 aromatic rings. The van der Waals surface area contributed by atoms with Crippen LogP contribution in [-0.2, 0) is 19.5 Å². The molecule has 1 aromatic carbocycles. The van der Waals surface area contributed by atoms with E-state index in [4.69, 9.17) is 0 Å². The Labute approximate surface area is 122 Å². The minimum absolute atomic E-state index is 0.00773. The Balaban J connectivity index is 1.56. The molecule has 4 nitrogen and oxygen atoms in total. The molecule has 0 bridgehead atoms. The minimum Gasteiger partial charge on any atom is -0.352 e. The van der Waals surface area contributed by atoms with Crippen LogP contribution in [0.2, 0.25) is 0 Å². The smallest absolute Gasteiger partial charge is 0.251 e. The lowest BCUT2D eigenvalue weighted by molar-refractivity contribution is 0.0954. The Hall–Kier alpha value is -1.72. The van der Waals surface area contributed by atoms with Crippen molar-refractivity contribution < 1.29 is 4.79 Å². The van der Waals surface area contributed by atoms with E-state index in [1.807, 2.05) is 30.5 Å². The molecule has 0 saturated heterocycles. The fraction of sp³-hybridized carbons (Fsp3) is 0.333. The van der Waals surface area contributed by atoms with Crippen molar-refractivity contribution in [3.8, 4) is 0 Å². The van der Waals surface area contributed by atoms with E-state index in [1.54, 1.807) is 11.3 Å². The van der Waals surface area contributed by atoms with Gasteiger partial charge in [-0.05, 0) is 30.2 Å². The monoisotopic (exact) mass is 287 g/mol. The third-order valence-corrected chi connectivity index (χ3v) is 4.25. The number of benzene rings is 1. The molecule has 3 rings (SSSR count). The van der Waals surface area contributed by atoms with Gasteiger partial charge in [0.25, 0.3) is 5.91 Å². The van der Waals surface area contributed by atoms with E-state index in [1.165, 1.54) is 11.1 Å². The van der Waals surface area contributed by atoms with Gasteiger partial charge in [0.05, 0.1) is 10.7 Å². The number of hydrogen-bond acceptors (Lipinski definition) is 4. The normalized spacial score (nSPS) is 13.2. The second-order valence-electron chi connectivity index (χ2n) is 4.95. The fourth-order valence-corrected chi connectivity index (χ4v) is 3.01. The zero-order chi connectivity index (χ0) is 13.9. The van der Waals surface area contributed by atoms with Crippen molar-refractivity contribution >= 4 is 17.2 Å². The highest BCUT2D eigenvalue weighted by Crippen LogP contribution is 2.17. The van der Waals surface area contributed by atoms with Crippen molar-refractivity contribution in [1.29, 1.82) is 0 Å². The summed E-state index contributed by atoms with van der Waals surface area (Å²) >= 11 is 1.64. The van der Waals surface area contributed by atoms with Crippen molar-refractivity contribution in [3.63, 3.8) is 0 Å². The molecule has 1 aromatic heterocycles. The molecule has 104 valence electrons. The molecule has 0 saturated carbocycles. The van der Waals surface area contributed by atoms with E-state index < -0.39 is 0 Å². The number of hydrogen-bond donors (Lipinski definition) is 2. The van der Waals surface area contributed by atoms with Gasteiger partial charge in [-0.3, -0.25) is 4.79 Å². The number of rotatable bonds is 4. The van der Waals surface area contributed by atoms with Crippen LogP contribution in [-0.4, -0.2) is 17.4 Å². The summed E-state index contributed by atoms with van der Waals surface area (Å²) in [5, 5.41) is 9.35. The molecule has 0 fully saturated rings. The van der Waals surface area contributed by atoms with E-state index >= 15 is 0 Å². The standard InChI is InChI=1S/C15H17N3OS/c1-10-18-14(9-20-10)4-5-17-15(19)11-2-3-12-7-16-8-13(12)6-11/h2-3,6,9,16H,4-5,7-8H2,1H3,(H,17,19). The van der Waals surface area contributed by atoms with Gasteiger partial charge in [0, 0.05) is 37.0 Å². The molecule has 20 heavy (non-hydrogen) atoms. The highest BCUT2D eigenvalue weighted by Gasteiger charge is 2.13. The summed E-state index contributed by atoms with van der Waals surface area (Å²) in [5.41, 5.74) is 4.31. The maximum Gasteiger partial charge on any atom is 0.251 e. The summed E-state index contributed by atoms with van der Waals surface area (Å²) in [6.45, 7) is 4.37. The Morgan fingerprint density at radius 1 is 1.40 bits per heavy atom. The lowest BCUT2D eigenvalue weighted by Gasteiger charge is -2.06. The Morgan fingerprint density at radius 3 is 3.05 bits per heavy atom. The first-order valence-corrected chi connectivity index (χ1v) is 7.62. The van der Waals surface area contributed by atoms with Crippen LogP contribution in [0.5, 0.6) is 0 Å². The molecule has 2 N–H and O–H groups in total. The number of thiazole rings is 1. The summed E-state index contributed by atoms with van der Waals surface area (Å²) in [6, 6.07) is 5.92. The van der Waals surface area contributed by atoms with Crippen LogP contribution < -0.4 is 10.6 Å². The Morgan fingerprint density at radius 2 is 2.25 bits per heavy atom. The summed E-state index contributed by atoms with van der Waals surface area (Å²) < 4.78 is 0. The Kier molecular flexibility index (Phi) is 3.80. The van der Waals surface area contributed by atoms with Gasteiger partial charge in [0.15, 0.2) is 0 Å². The molecule has 5 heteroatoms. The molecule has 0 radical (unpaired) electrons. The van der Waals surface area contributed by atoms with Gasteiger partial charge in [0.1, 0.15) is 0 Å². The number of amides is 1. The van der Waals surface area contributed by atoms with Gasteiger partial charge in [0.2, 0.25) is 0 Å². The topological polar surface area (TPSA) is 54.0 Å². The van der Waals surface area contributed by atoms with Gasteiger partial charge in [-0.1, -0.05) is 6.07 Å². The van der Waals surface area contributed by atoms with Gasteiger partial charge < -0.3 is 10.6 Å². The Bertz CT molecular complexity index is 636. The highest BCUT2D eigenvalue weighted by molar-refractivity contribution is 7.09. The quantitative estimate of drug-likeness (QED) is 0.904. The van der Waals surface area contributed by atoms with Crippen LogP contribution in [0.25, 0.3) is 0 Å². The van der Waals surface area contributed by atoms with E-state index in [2.05, 4.69) is 15.6 Å². The summed E-state index contributed by atoms with van der Waals surface area (Å²) in [7, 11) is 0. The second kappa shape index (κ2) is 5.73. The van der Waals surface area contributed by atoms with E-state index in [9.17, 15) is 4.79 Å². The zero-order valence-electron chi connectivity index (χ0n) is 11.4. The molecular formula is C15H17N3OS. The molecule has 1 aliphatic rings. The molecule has 0 atom stereocenters. The van der Waals surface area contributed by atoms with Crippen LogP contribution >= 0.6 is 11.3 Å². The predicted molar refractivity (Wildman–Crippen MR) is 79.9 cm³/mol. The van der Waals surface area contributed by atoms with Crippen molar-refractivity contribution in [2.24, 2.45) is 0 Å². The maximum absolute atomic E-state index is 12.1. The first-order chi connectivity index (χ1) is 9.72. The molecule has 0 aliphatic carbocycles. The average molecular weight is 287 g/mol. The molecule has 1 aliphatic heterocycles. The van der Waals surface area contributed by atoms with E-state index in [0.717, 1.165) is 35.8 Å². The first-order valence-electron chi connectivity index (χ1n) is 6.74. The van der Waals surface area contributed by atoms with E-state index in [-0.39, 0.29) is 5.91 Å². The third kappa shape index (κ3) is 2.89. The third-order valence-electron chi connectivity index (χ3n) is 3.43. The molecular weight excluding hydrogens is 270 g/mol. The summed E-state index contributed by atoms with van der Waals surface area (Å²) in [6.07, 6.45) is 0.780. The zero-order valence-corrected chi connectivity index (χ0v) is 12.2. The van der Waals surface area contributed by atoms with Crippen molar-refractivity contribution in [2.75, 3.05) is 6.54 Å². The molecule has 1 amide bonds. The van der Waals surface area contributed by atoms with Crippen molar-refractivity contribution in [3.05, 3.63) is 51.0 Å². The van der Waals surface area contributed by atoms with Gasteiger partial charge in [-0.25, -0.2) is 4.98 Å². The lowest BCUT2D eigenvalue weighted by Crippen LogP contribution is -2.25. The number of aromatic nitrogens is 1. The largest absolute Gasteiger partial charge is 0.352 e. The number of aryl methyl sites for hydroxylation is 1. The lowest BCUT2D eigenvalue weighted by atomic mass is 10.1. The second-order valence-corrected chi connectivity index (χ2v) is 6.01. The number of nitrogens with zero attached hydrogens (tertiary/aromatic N) is 1. The number of carbonyl (C=O) groups excluding carboxylic acids is 1. The van der Waals surface area contributed by atoms with Gasteiger partial charge in [-0.15, -0.1) is 11.3 Å². The first kappa shape index (κ1) is 13.3. The number of nitrogens with one attached hydrogen (secondary N) is 2. The van der Waals surface area contributed by atoms with Gasteiger partial charge >= 0.3 is 0 Å². The molecule has 0 unspecified atom stereocenters. The SMILES string of the molecule is Cc1nc(CCNC(=O)c2ccc3c(c2)CNC3)cs1. The van der Waals surface area contributed by atoms with Crippen LogP contribution in [0.3, 0.4) is 0 Å². The molecule has 2 heterocycles. The summed E-state index contributed by atoms with van der Waals surface area (Å²) in [4.78, 5) is 16.5. The predicted octanol–water partition coefficient (Wildman–Crippen LogP) is 2.03. The fourth-order valence-electron chi connectivity index (χ4n) is 2.37. The van der Waals surface area contributed by atoms with Crippen molar-refractivity contribution in [2.45, 2.75) is 26.4 Å². The maximum atomic E-state index is 12.1. The van der Waals surface area contributed by atoms with E-state index in [0.29, 0.717) is 6.54 Å².